The maximum Gasteiger partial charge on any atom is 0.416 e. The second-order valence-corrected chi connectivity index (χ2v) is 8.30. The molecule has 2 amide bonds. The highest BCUT2D eigenvalue weighted by Crippen LogP contribution is 2.35. The lowest BCUT2D eigenvalue weighted by atomic mass is 10.1. The Kier molecular flexibility index (Phi) is 6.33. The highest BCUT2D eigenvalue weighted by molar-refractivity contribution is 6.05. The topological polar surface area (TPSA) is 119 Å². The fraction of sp³-hybridized carbons (Fsp3) is 0.250. The zero-order chi connectivity index (χ0) is 25.3. The van der Waals surface area contributed by atoms with Crippen LogP contribution in [-0.2, 0) is 17.5 Å². The summed E-state index contributed by atoms with van der Waals surface area (Å²) >= 11 is 0. The van der Waals surface area contributed by atoms with Crippen LogP contribution in [0, 0.1) is 0 Å². The highest BCUT2D eigenvalue weighted by Gasteiger charge is 2.36. The average Bonchev–Trinajstić information content (AvgIpc) is 3.16. The predicted molar refractivity (Wildman–Crippen MR) is 123 cm³/mol. The van der Waals surface area contributed by atoms with Crippen LogP contribution in [0.2, 0.25) is 0 Å². The molecular weight excluding hydrogens is 463 g/mol. The van der Waals surface area contributed by atoms with Crippen LogP contribution in [0.15, 0.2) is 59.4 Å². The third-order valence-corrected chi connectivity index (χ3v) is 5.79. The van der Waals surface area contributed by atoms with E-state index in [4.69, 9.17) is 5.73 Å². The molecule has 35 heavy (non-hydrogen) atoms. The number of nitrogens with zero attached hydrogens (tertiary/aromatic N) is 2. The second-order valence-electron chi connectivity index (χ2n) is 8.30. The van der Waals surface area contributed by atoms with Gasteiger partial charge in [-0.2, -0.15) is 13.2 Å². The molecule has 0 spiro atoms. The number of benzene rings is 2. The van der Waals surface area contributed by atoms with Gasteiger partial charge in [0.25, 0.3) is 11.5 Å². The Morgan fingerprint density at radius 1 is 1.14 bits per heavy atom. The molecule has 2 heterocycles. The van der Waals surface area contributed by atoms with Gasteiger partial charge >= 0.3 is 6.18 Å². The third kappa shape index (κ3) is 4.88. The Labute approximate surface area is 198 Å². The van der Waals surface area contributed by atoms with Crippen molar-refractivity contribution in [1.29, 1.82) is 0 Å². The fourth-order valence-electron chi connectivity index (χ4n) is 4.06. The second kappa shape index (κ2) is 9.24. The van der Waals surface area contributed by atoms with Crippen molar-refractivity contribution in [3.05, 3.63) is 87.5 Å². The molecule has 0 saturated heterocycles. The molecule has 2 aromatic carbocycles. The monoisotopic (exact) mass is 485 g/mol. The molecule has 0 saturated carbocycles. The summed E-state index contributed by atoms with van der Waals surface area (Å²) in [5.41, 5.74) is 4.42. The van der Waals surface area contributed by atoms with Crippen molar-refractivity contribution in [2.45, 2.75) is 38.0 Å². The molecule has 4 N–H and O–H groups in total. The van der Waals surface area contributed by atoms with E-state index < -0.39 is 35.2 Å². The number of aromatic nitrogens is 2. The molecule has 182 valence electrons. The quantitative estimate of drug-likeness (QED) is 0.492. The zero-order valence-electron chi connectivity index (χ0n) is 18.6. The van der Waals surface area contributed by atoms with Gasteiger partial charge in [-0.25, -0.2) is 4.98 Å². The SMILES string of the molecule is CC1CC(C(N)=O)n2c1nc(NC(=O)c1ccccc1)c(NCc1cccc(C(F)(F)F)c1)c2=O. The van der Waals surface area contributed by atoms with Crippen LogP contribution in [0.5, 0.6) is 0 Å². The smallest absolute Gasteiger partial charge is 0.373 e. The molecule has 1 aliphatic heterocycles. The van der Waals surface area contributed by atoms with Gasteiger partial charge in [0.05, 0.1) is 5.56 Å². The van der Waals surface area contributed by atoms with Gasteiger partial charge in [0.2, 0.25) is 5.91 Å². The third-order valence-electron chi connectivity index (χ3n) is 5.79. The molecule has 1 aliphatic rings. The first-order chi connectivity index (χ1) is 16.6. The largest absolute Gasteiger partial charge is 0.416 e. The van der Waals surface area contributed by atoms with E-state index in [1.165, 1.54) is 16.7 Å². The van der Waals surface area contributed by atoms with Crippen molar-refractivity contribution in [3.8, 4) is 0 Å². The number of carbonyl (C=O) groups excluding carboxylic acids is 2. The lowest BCUT2D eigenvalue weighted by Gasteiger charge is -2.17. The number of halogens is 3. The lowest BCUT2D eigenvalue weighted by molar-refractivity contribution is -0.137. The Bertz CT molecular complexity index is 1340. The molecule has 1 aromatic heterocycles. The standard InChI is InChI=1S/C24H22F3N5O3/c1-13-10-17(19(28)33)32-21(13)30-20(31-22(34)15-7-3-2-4-8-15)18(23(32)35)29-12-14-6-5-9-16(11-14)24(25,26)27/h2-9,11,13,17,29H,10,12H2,1H3,(H2,28,33)(H,31,34). The van der Waals surface area contributed by atoms with E-state index in [1.807, 2.05) is 0 Å². The Hall–Kier alpha value is -4.15. The summed E-state index contributed by atoms with van der Waals surface area (Å²) in [4.78, 5) is 42.6. The van der Waals surface area contributed by atoms with Crippen LogP contribution < -0.4 is 21.9 Å². The van der Waals surface area contributed by atoms with E-state index in [9.17, 15) is 27.6 Å². The van der Waals surface area contributed by atoms with Crippen LogP contribution in [0.4, 0.5) is 24.7 Å². The normalized spacial score (nSPS) is 17.0. The number of carbonyl (C=O) groups is 2. The summed E-state index contributed by atoms with van der Waals surface area (Å²) in [7, 11) is 0. The number of alkyl halides is 3. The molecule has 11 heteroatoms. The van der Waals surface area contributed by atoms with Crippen LogP contribution in [0.1, 0.15) is 52.6 Å². The van der Waals surface area contributed by atoms with Gasteiger partial charge in [0.1, 0.15) is 17.6 Å². The Balaban J connectivity index is 1.74. The van der Waals surface area contributed by atoms with Gasteiger partial charge in [-0.15, -0.1) is 0 Å². The zero-order valence-corrected chi connectivity index (χ0v) is 18.6. The van der Waals surface area contributed by atoms with Crippen molar-refractivity contribution in [2.75, 3.05) is 10.6 Å². The number of rotatable bonds is 6. The maximum absolute atomic E-state index is 13.4. The van der Waals surface area contributed by atoms with Crippen molar-refractivity contribution in [2.24, 2.45) is 5.73 Å². The number of amides is 2. The molecule has 0 radical (unpaired) electrons. The number of primary amides is 1. The number of anilines is 2. The summed E-state index contributed by atoms with van der Waals surface area (Å²) in [5, 5.41) is 5.42. The van der Waals surface area contributed by atoms with Crippen molar-refractivity contribution >= 4 is 23.3 Å². The van der Waals surface area contributed by atoms with Crippen LogP contribution >= 0.6 is 0 Å². The molecule has 0 bridgehead atoms. The van der Waals surface area contributed by atoms with Gasteiger partial charge in [0.15, 0.2) is 5.82 Å². The molecule has 4 rings (SSSR count). The highest BCUT2D eigenvalue weighted by atomic mass is 19.4. The first kappa shape index (κ1) is 24.0. The minimum absolute atomic E-state index is 0.0842. The van der Waals surface area contributed by atoms with Gasteiger partial charge in [-0.3, -0.25) is 19.0 Å². The van der Waals surface area contributed by atoms with E-state index in [0.29, 0.717) is 5.56 Å². The summed E-state index contributed by atoms with van der Waals surface area (Å²) in [6, 6.07) is 12.0. The Morgan fingerprint density at radius 3 is 2.51 bits per heavy atom. The van der Waals surface area contributed by atoms with Gasteiger partial charge in [-0.1, -0.05) is 37.3 Å². The summed E-state index contributed by atoms with van der Waals surface area (Å²) in [6.07, 6.45) is -4.26. The summed E-state index contributed by atoms with van der Waals surface area (Å²) < 4.78 is 40.5. The van der Waals surface area contributed by atoms with Crippen LogP contribution in [-0.4, -0.2) is 21.4 Å². The molecule has 0 aliphatic carbocycles. The van der Waals surface area contributed by atoms with Gasteiger partial charge in [0, 0.05) is 18.0 Å². The van der Waals surface area contributed by atoms with E-state index in [0.717, 1.165) is 12.1 Å². The molecule has 2 atom stereocenters. The molecule has 0 fully saturated rings. The molecule has 8 nitrogen and oxygen atoms in total. The van der Waals surface area contributed by atoms with Crippen molar-refractivity contribution in [3.63, 3.8) is 0 Å². The molecule has 3 aromatic rings. The summed E-state index contributed by atoms with van der Waals surface area (Å²) in [6.45, 7) is 1.62. The van der Waals surface area contributed by atoms with Crippen LogP contribution in [0.25, 0.3) is 0 Å². The van der Waals surface area contributed by atoms with Gasteiger partial charge in [-0.05, 0) is 36.2 Å². The van der Waals surface area contributed by atoms with Crippen molar-refractivity contribution < 1.29 is 22.8 Å². The maximum atomic E-state index is 13.4. The number of hydrogen-bond acceptors (Lipinski definition) is 5. The number of nitrogens with one attached hydrogen (secondary N) is 2. The minimum Gasteiger partial charge on any atom is -0.373 e. The fourth-order valence-corrected chi connectivity index (χ4v) is 4.06. The first-order valence-corrected chi connectivity index (χ1v) is 10.8. The molecular formula is C24H22F3N5O3. The van der Waals surface area contributed by atoms with Crippen molar-refractivity contribution in [1.82, 2.24) is 9.55 Å². The van der Waals surface area contributed by atoms with Gasteiger partial charge < -0.3 is 16.4 Å². The summed E-state index contributed by atoms with van der Waals surface area (Å²) in [5.74, 6) is -1.32. The number of nitrogens with two attached hydrogens (primary N) is 1. The minimum atomic E-state index is -4.52. The van der Waals surface area contributed by atoms with E-state index in [2.05, 4.69) is 15.6 Å². The van der Waals surface area contributed by atoms with E-state index >= 15 is 0 Å². The molecule has 2 unspecified atom stereocenters. The van der Waals surface area contributed by atoms with Crippen LogP contribution in [0.3, 0.4) is 0 Å². The average molecular weight is 485 g/mol. The van der Waals surface area contributed by atoms with E-state index in [1.54, 1.807) is 37.3 Å². The first-order valence-electron chi connectivity index (χ1n) is 10.8. The Morgan fingerprint density at radius 2 is 1.86 bits per heavy atom. The van der Waals surface area contributed by atoms with E-state index in [-0.39, 0.29) is 41.8 Å². The number of hydrogen-bond donors (Lipinski definition) is 3. The predicted octanol–water partition coefficient (Wildman–Crippen LogP) is 3.66. The number of fused-ring (bicyclic) bond motifs is 1. The lowest BCUT2D eigenvalue weighted by Crippen LogP contribution is -2.34.